The van der Waals surface area contributed by atoms with Gasteiger partial charge in [0.2, 0.25) is 0 Å². The van der Waals surface area contributed by atoms with E-state index in [1.54, 1.807) is 14.2 Å². The van der Waals surface area contributed by atoms with Gasteiger partial charge in [0.25, 0.3) is 0 Å². The molecule has 0 radical (unpaired) electrons. The summed E-state index contributed by atoms with van der Waals surface area (Å²) in [5, 5.41) is 0. The van der Waals surface area contributed by atoms with Crippen LogP contribution in [0.5, 0.6) is 5.75 Å². The predicted molar refractivity (Wildman–Crippen MR) is 57.9 cm³/mol. The summed E-state index contributed by atoms with van der Waals surface area (Å²) >= 11 is 0. The fraction of sp³-hybridized carbons (Fsp3) is 0.500. The van der Waals surface area contributed by atoms with Crippen LogP contribution in [0.2, 0.25) is 0 Å². The lowest BCUT2D eigenvalue weighted by molar-refractivity contribution is 0.195. The Balaban J connectivity index is 2.72. The minimum atomic E-state index is 0.803. The SMILES string of the molecule is COCCCc1c(C)cccc1OC. The Morgan fingerprint density at radius 2 is 2.00 bits per heavy atom. The molecule has 0 N–H and O–H groups in total. The number of hydrogen-bond acceptors (Lipinski definition) is 2. The lowest BCUT2D eigenvalue weighted by atomic mass is 10.0. The molecule has 0 aliphatic carbocycles. The highest BCUT2D eigenvalue weighted by molar-refractivity contribution is 5.39. The number of benzene rings is 1. The van der Waals surface area contributed by atoms with E-state index in [1.807, 2.05) is 12.1 Å². The van der Waals surface area contributed by atoms with Crippen molar-refractivity contribution >= 4 is 0 Å². The van der Waals surface area contributed by atoms with Crippen molar-refractivity contribution in [2.24, 2.45) is 0 Å². The smallest absolute Gasteiger partial charge is 0.122 e. The van der Waals surface area contributed by atoms with Crippen molar-refractivity contribution in [2.45, 2.75) is 19.8 Å². The second-order valence-corrected chi connectivity index (χ2v) is 3.35. The average molecular weight is 194 g/mol. The summed E-state index contributed by atoms with van der Waals surface area (Å²) in [4.78, 5) is 0. The standard InChI is InChI=1S/C12H18O2/c1-10-6-4-8-12(14-3)11(10)7-5-9-13-2/h4,6,8H,5,7,9H2,1-3H3. The maximum Gasteiger partial charge on any atom is 0.122 e. The lowest BCUT2D eigenvalue weighted by Crippen LogP contribution is -1.98. The zero-order chi connectivity index (χ0) is 10.4. The molecule has 14 heavy (non-hydrogen) atoms. The fourth-order valence-electron chi connectivity index (χ4n) is 1.58. The normalized spacial score (nSPS) is 10.2. The maximum absolute atomic E-state index is 5.32. The first kappa shape index (κ1) is 11.1. The summed E-state index contributed by atoms with van der Waals surface area (Å²) in [7, 11) is 3.45. The van der Waals surface area contributed by atoms with Gasteiger partial charge < -0.3 is 9.47 Å². The van der Waals surface area contributed by atoms with Gasteiger partial charge >= 0.3 is 0 Å². The number of methoxy groups -OCH3 is 2. The Kier molecular flexibility index (Phi) is 4.47. The predicted octanol–water partition coefficient (Wildman–Crippen LogP) is 2.58. The molecule has 0 heterocycles. The van der Waals surface area contributed by atoms with Gasteiger partial charge in [-0.25, -0.2) is 0 Å². The molecule has 0 unspecified atom stereocenters. The third kappa shape index (κ3) is 2.74. The molecule has 0 aromatic heterocycles. The first-order chi connectivity index (χ1) is 6.79. The van der Waals surface area contributed by atoms with Crippen LogP contribution in [-0.2, 0) is 11.2 Å². The first-order valence-electron chi connectivity index (χ1n) is 4.91. The number of aryl methyl sites for hydroxylation is 1. The summed E-state index contributed by atoms with van der Waals surface area (Å²) in [6, 6.07) is 6.15. The quantitative estimate of drug-likeness (QED) is 0.671. The summed E-state index contributed by atoms with van der Waals surface area (Å²) in [5.74, 6) is 0.987. The van der Waals surface area contributed by atoms with Crippen molar-refractivity contribution in [1.82, 2.24) is 0 Å². The van der Waals surface area contributed by atoms with Crippen LogP contribution in [-0.4, -0.2) is 20.8 Å². The van der Waals surface area contributed by atoms with E-state index < -0.39 is 0 Å². The van der Waals surface area contributed by atoms with E-state index in [0.717, 1.165) is 25.2 Å². The van der Waals surface area contributed by atoms with E-state index in [1.165, 1.54) is 11.1 Å². The highest BCUT2D eigenvalue weighted by Gasteiger charge is 2.04. The Morgan fingerprint density at radius 3 is 2.64 bits per heavy atom. The second kappa shape index (κ2) is 5.66. The Morgan fingerprint density at radius 1 is 1.21 bits per heavy atom. The molecule has 0 bridgehead atoms. The number of rotatable bonds is 5. The molecule has 1 aromatic rings. The summed E-state index contributed by atoms with van der Waals surface area (Å²) in [5.41, 5.74) is 2.59. The molecule has 2 nitrogen and oxygen atoms in total. The van der Waals surface area contributed by atoms with E-state index in [0.29, 0.717) is 0 Å². The molecule has 0 amide bonds. The molecule has 0 saturated carbocycles. The van der Waals surface area contributed by atoms with Crippen molar-refractivity contribution in [3.05, 3.63) is 29.3 Å². The van der Waals surface area contributed by atoms with Crippen molar-refractivity contribution < 1.29 is 9.47 Å². The average Bonchev–Trinajstić information content (AvgIpc) is 2.20. The zero-order valence-electron chi connectivity index (χ0n) is 9.17. The number of ether oxygens (including phenoxy) is 2. The van der Waals surface area contributed by atoms with E-state index in [9.17, 15) is 0 Å². The Bertz CT molecular complexity index is 282. The Hall–Kier alpha value is -1.02. The van der Waals surface area contributed by atoms with Crippen LogP contribution in [0.4, 0.5) is 0 Å². The van der Waals surface area contributed by atoms with Gasteiger partial charge in [-0.1, -0.05) is 12.1 Å². The summed E-state index contributed by atoms with van der Waals surface area (Å²) in [6.45, 7) is 2.92. The molecule has 0 aliphatic heterocycles. The fourth-order valence-corrected chi connectivity index (χ4v) is 1.58. The molecular formula is C12H18O2. The minimum Gasteiger partial charge on any atom is -0.496 e. The number of hydrogen-bond donors (Lipinski definition) is 0. The van der Waals surface area contributed by atoms with Crippen molar-refractivity contribution in [1.29, 1.82) is 0 Å². The largest absolute Gasteiger partial charge is 0.496 e. The van der Waals surface area contributed by atoms with Gasteiger partial charge in [0, 0.05) is 13.7 Å². The van der Waals surface area contributed by atoms with E-state index in [4.69, 9.17) is 9.47 Å². The van der Waals surface area contributed by atoms with Crippen molar-refractivity contribution in [2.75, 3.05) is 20.8 Å². The van der Waals surface area contributed by atoms with E-state index in [2.05, 4.69) is 13.0 Å². The molecule has 0 spiro atoms. The maximum atomic E-state index is 5.32. The van der Waals surface area contributed by atoms with Crippen LogP contribution in [0.3, 0.4) is 0 Å². The van der Waals surface area contributed by atoms with Crippen LogP contribution >= 0.6 is 0 Å². The van der Waals surface area contributed by atoms with Gasteiger partial charge in [-0.15, -0.1) is 0 Å². The van der Waals surface area contributed by atoms with Crippen LogP contribution < -0.4 is 4.74 Å². The van der Waals surface area contributed by atoms with Gasteiger partial charge in [0.05, 0.1) is 7.11 Å². The lowest BCUT2D eigenvalue weighted by Gasteiger charge is -2.10. The molecule has 0 saturated heterocycles. The molecule has 1 rings (SSSR count). The van der Waals surface area contributed by atoms with Crippen LogP contribution in [0.15, 0.2) is 18.2 Å². The third-order valence-electron chi connectivity index (χ3n) is 2.36. The third-order valence-corrected chi connectivity index (χ3v) is 2.36. The molecule has 0 atom stereocenters. The van der Waals surface area contributed by atoms with Gasteiger partial charge in [0.15, 0.2) is 0 Å². The summed E-state index contributed by atoms with van der Waals surface area (Å²) in [6.07, 6.45) is 2.06. The van der Waals surface area contributed by atoms with Crippen molar-refractivity contribution in [3.63, 3.8) is 0 Å². The van der Waals surface area contributed by atoms with Crippen LogP contribution in [0.1, 0.15) is 17.5 Å². The molecule has 0 fully saturated rings. The van der Waals surface area contributed by atoms with E-state index in [-0.39, 0.29) is 0 Å². The van der Waals surface area contributed by atoms with Crippen LogP contribution in [0.25, 0.3) is 0 Å². The Labute approximate surface area is 85.8 Å². The second-order valence-electron chi connectivity index (χ2n) is 3.35. The topological polar surface area (TPSA) is 18.5 Å². The highest BCUT2D eigenvalue weighted by atomic mass is 16.5. The van der Waals surface area contributed by atoms with Gasteiger partial charge in [-0.2, -0.15) is 0 Å². The molecule has 78 valence electrons. The van der Waals surface area contributed by atoms with E-state index >= 15 is 0 Å². The molecule has 0 aliphatic rings. The van der Waals surface area contributed by atoms with Crippen LogP contribution in [0, 0.1) is 6.92 Å². The highest BCUT2D eigenvalue weighted by Crippen LogP contribution is 2.22. The minimum absolute atomic E-state index is 0.803. The molecular weight excluding hydrogens is 176 g/mol. The van der Waals surface area contributed by atoms with Gasteiger partial charge in [-0.05, 0) is 37.0 Å². The van der Waals surface area contributed by atoms with Crippen molar-refractivity contribution in [3.8, 4) is 5.75 Å². The molecule has 1 aromatic carbocycles. The zero-order valence-corrected chi connectivity index (χ0v) is 9.17. The monoisotopic (exact) mass is 194 g/mol. The summed E-state index contributed by atoms with van der Waals surface area (Å²) < 4.78 is 10.4. The van der Waals surface area contributed by atoms with Gasteiger partial charge in [-0.3, -0.25) is 0 Å². The molecule has 2 heteroatoms. The van der Waals surface area contributed by atoms with Gasteiger partial charge in [0.1, 0.15) is 5.75 Å². The first-order valence-corrected chi connectivity index (χ1v) is 4.91.